The highest BCUT2D eigenvalue weighted by molar-refractivity contribution is 5.96. The van der Waals surface area contributed by atoms with Gasteiger partial charge in [-0.2, -0.15) is 4.68 Å². The van der Waals surface area contributed by atoms with Crippen molar-refractivity contribution in [2.75, 3.05) is 13.1 Å². The molecule has 0 bridgehead atoms. The number of benzene rings is 1. The van der Waals surface area contributed by atoms with Gasteiger partial charge in [0, 0.05) is 37.7 Å². The summed E-state index contributed by atoms with van der Waals surface area (Å²) in [6.07, 6.45) is 0.701. The summed E-state index contributed by atoms with van der Waals surface area (Å²) in [4.78, 5) is 29.4. The van der Waals surface area contributed by atoms with Crippen LogP contribution < -0.4 is 5.73 Å². The molecular weight excluding hydrogens is 370 g/mol. The summed E-state index contributed by atoms with van der Waals surface area (Å²) < 4.78 is 28.0. The predicted molar refractivity (Wildman–Crippen MR) is 95.3 cm³/mol. The summed E-state index contributed by atoms with van der Waals surface area (Å²) in [6, 6.07) is 7.98. The maximum Gasteiger partial charge on any atom is 0.255 e. The van der Waals surface area contributed by atoms with Gasteiger partial charge >= 0.3 is 0 Å². The lowest BCUT2D eigenvalue weighted by Gasteiger charge is -2.31. The maximum atomic E-state index is 13.3. The molecule has 0 saturated carbocycles. The molecule has 2 amide bonds. The van der Waals surface area contributed by atoms with Crippen LogP contribution in [0.4, 0.5) is 8.78 Å². The van der Waals surface area contributed by atoms with Crippen molar-refractivity contribution in [1.29, 1.82) is 0 Å². The van der Waals surface area contributed by atoms with Crippen LogP contribution in [-0.4, -0.2) is 55.7 Å². The Morgan fingerprint density at radius 2 is 1.75 bits per heavy atom. The summed E-state index contributed by atoms with van der Waals surface area (Å²) in [5.41, 5.74) is 7.31. The molecule has 2 aromatic heterocycles. The van der Waals surface area contributed by atoms with Crippen molar-refractivity contribution in [3.63, 3.8) is 0 Å². The van der Waals surface area contributed by atoms with Gasteiger partial charge in [-0.1, -0.05) is 5.21 Å². The van der Waals surface area contributed by atoms with Gasteiger partial charge in [0.15, 0.2) is 5.65 Å². The molecule has 10 heteroatoms. The Morgan fingerprint density at radius 3 is 2.39 bits per heavy atom. The molecule has 0 unspecified atom stereocenters. The average molecular weight is 386 g/mol. The van der Waals surface area contributed by atoms with Crippen LogP contribution in [0.2, 0.25) is 0 Å². The van der Waals surface area contributed by atoms with Gasteiger partial charge in [0.2, 0.25) is 5.91 Å². The van der Waals surface area contributed by atoms with E-state index in [-0.39, 0.29) is 37.4 Å². The van der Waals surface area contributed by atoms with Gasteiger partial charge in [0.25, 0.3) is 11.8 Å². The fourth-order valence-electron chi connectivity index (χ4n) is 3.10. The predicted octanol–water partition coefficient (Wildman–Crippen LogP) is 1.79. The number of hydrogen-bond acceptors (Lipinski definition) is 5. The molecule has 8 nitrogen and oxygen atoms in total. The smallest absolute Gasteiger partial charge is 0.255 e. The van der Waals surface area contributed by atoms with Crippen molar-refractivity contribution in [3.05, 3.63) is 47.7 Å². The molecular formula is C18H16F2N6O2. The summed E-state index contributed by atoms with van der Waals surface area (Å²) in [7, 11) is 0. The van der Waals surface area contributed by atoms with E-state index >= 15 is 0 Å². The number of amides is 2. The second kappa shape index (κ2) is 6.63. The minimum atomic E-state index is -2.72. The first-order valence-electron chi connectivity index (χ1n) is 8.63. The number of alkyl halides is 2. The summed E-state index contributed by atoms with van der Waals surface area (Å²) in [5, 5.41) is 8.07. The number of fused-ring (bicyclic) bond motifs is 1. The van der Waals surface area contributed by atoms with E-state index < -0.39 is 11.8 Å². The lowest BCUT2D eigenvalue weighted by atomic mass is 10.1. The third kappa shape index (κ3) is 3.28. The normalized spacial score (nSPS) is 16.3. The van der Waals surface area contributed by atoms with Crippen LogP contribution in [0.1, 0.15) is 33.6 Å². The van der Waals surface area contributed by atoms with E-state index in [4.69, 9.17) is 5.73 Å². The topological polar surface area (TPSA) is 107 Å². The van der Waals surface area contributed by atoms with Gasteiger partial charge in [0.1, 0.15) is 5.52 Å². The summed E-state index contributed by atoms with van der Waals surface area (Å²) >= 11 is 0. The van der Waals surface area contributed by atoms with E-state index in [1.54, 1.807) is 30.3 Å². The number of nitrogens with zero attached hydrogens (tertiary/aromatic N) is 5. The quantitative estimate of drug-likeness (QED) is 0.738. The third-order valence-corrected chi connectivity index (χ3v) is 4.72. The fourth-order valence-corrected chi connectivity index (χ4v) is 3.10. The molecule has 1 fully saturated rings. The molecule has 3 heterocycles. The van der Waals surface area contributed by atoms with Crippen LogP contribution in [0.3, 0.4) is 0 Å². The number of carbonyl (C=O) groups excluding carboxylic acids is 2. The van der Waals surface area contributed by atoms with Crippen molar-refractivity contribution in [2.45, 2.75) is 18.8 Å². The van der Waals surface area contributed by atoms with Crippen LogP contribution in [-0.2, 0) is 0 Å². The summed E-state index contributed by atoms with van der Waals surface area (Å²) in [5.74, 6) is -3.61. The van der Waals surface area contributed by atoms with Gasteiger partial charge in [0.05, 0.1) is 11.3 Å². The molecule has 0 aliphatic carbocycles. The molecule has 1 saturated heterocycles. The zero-order chi connectivity index (χ0) is 19.9. The number of likely N-dealkylation sites (tertiary alicyclic amines) is 1. The molecule has 3 aromatic rings. The van der Waals surface area contributed by atoms with Crippen LogP contribution >= 0.6 is 0 Å². The Balaban J connectivity index is 1.59. The SMILES string of the molecule is NC(=O)c1ccc(-n2nnc3cc(C(=O)N4CCC(F)(F)CC4)cnc32)cc1. The van der Waals surface area contributed by atoms with E-state index in [9.17, 15) is 18.4 Å². The van der Waals surface area contributed by atoms with Crippen molar-refractivity contribution in [3.8, 4) is 5.69 Å². The number of aromatic nitrogens is 4. The second-order valence-corrected chi connectivity index (χ2v) is 6.63. The number of pyridine rings is 1. The van der Waals surface area contributed by atoms with Crippen LogP contribution in [0.5, 0.6) is 0 Å². The zero-order valence-corrected chi connectivity index (χ0v) is 14.7. The van der Waals surface area contributed by atoms with Crippen molar-refractivity contribution >= 4 is 23.0 Å². The standard InChI is InChI=1S/C18H16F2N6O2/c19-18(20)5-7-25(8-6-18)17(28)12-9-14-16(22-10-12)26(24-23-14)13-3-1-11(2-4-13)15(21)27/h1-4,9-10H,5-8H2,(H2,21,27). The molecule has 1 aliphatic heterocycles. The molecule has 144 valence electrons. The molecule has 1 aromatic carbocycles. The van der Waals surface area contributed by atoms with Gasteiger partial charge in [-0.15, -0.1) is 5.10 Å². The second-order valence-electron chi connectivity index (χ2n) is 6.63. The Kier molecular flexibility index (Phi) is 4.25. The highest BCUT2D eigenvalue weighted by Gasteiger charge is 2.35. The highest BCUT2D eigenvalue weighted by Crippen LogP contribution is 2.28. The third-order valence-electron chi connectivity index (χ3n) is 4.72. The Labute approximate surface area is 157 Å². The summed E-state index contributed by atoms with van der Waals surface area (Å²) in [6.45, 7) is 0.00550. The van der Waals surface area contributed by atoms with E-state index in [2.05, 4.69) is 15.3 Å². The monoisotopic (exact) mass is 386 g/mol. The first-order chi connectivity index (χ1) is 13.3. The Hall–Kier alpha value is -3.43. The maximum absolute atomic E-state index is 13.3. The van der Waals surface area contributed by atoms with Crippen molar-refractivity contribution < 1.29 is 18.4 Å². The number of rotatable bonds is 3. The Morgan fingerprint density at radius 1 is 1.07 bits per heavy atom. The number of carbonyl (C=O) groups is 2. The molecule has 4 rings (SSSR count). The fraction of sp³-hybridized carbons (Fsp3) is 0.278. The molecule has 2 N–H and O–H groups in total. The lowest BCUT2D eigenvalue weighted by Crippen LogP contribution is -2.42. The lowest BCUT2D eigenvalue weighted by molar-refractivity contribution is -0.0494. The van der Waals surface area contributed by atoms with E-state index in [0.29, 0.717) is 22.4 Å². The first-order valence-corrected chi connectivity index (χ1v) is 8.63. The molecule has 0 radical (unpaired) electrons. The number of piperidine rings is 1. The number of hydrogen-bond donors (Lipinski definition) is 1. The highest BCUT2D eigenvalue weighted by atomic mass is 19.3. The van der Waals surface area contributed by atoms with Gasteiger partial charge in [-0.25, -0.2) is 13.8 Å². The molecule has 28 heavy (non-hydrogen) atoms. The van der Waals surface area contributed by atoms with Gasteiger partial charge < -0.3 is 10.6 Å². The molecule has 0 atom stereocenters. The van der Waals surface area contributed by atoms with Crippen LogP contribution in [0, 0.1) is 0 Å². The zero-order valence-electron chi connectivity index (χ0n) is 14.7. The minimum Gasteiger partial charge on any atom is -0.366 e. The van der Waals surface area contributed by atoms with Crippen LogP contribution in [0.25, 0.3) is 16.9 Å². The number of halogens is 2. The van der Waals surface area contributed by atoms with E-state index in [1.807, 2.05) is 0 Å². The Bertz CT molecular complexity index is 1050. The van der Waals surface area contributed by atoms with E-state index in [1.165, 1.54) is 15.8 Å². The first kappa shape index (κ1) is 18.0. The average Bonchev–Trinajstić information content (AvgIpc) is 3.10. The van der Waals surface area contributed by atoms with Crippen LogP contribution in [0.15, 0.2) is 36.5 Å². The minimum absolute atomic E-state index is 0.00275. The molecule has 1 aliphatic rings. The molecule has 0 spiro atoms. The van der Waals surface area contributed by atoms with Crippen molar-refractivity contribution in [1.82, 2.24) is 24.9 Å². The van der Waals surface area contributed by atoms with Gasteiger partial charge in [-0.05, 0) is 30.3 Å². The van der Waals surface area contributed by atoms with Crippen molar-refractivity contribution in [2.24, 2.45) is 5.73 Å². The number of primary amides is 1. The largest absolute Gasteiger partial charge is 0.366 e. The van der Waals surface area contributed by atoms with Gasteiger partial charge in [-0.3, -0.25) is 9.59 Å². The van der Waals surface area contributed by atoms with E-state index in [0.717, 1.165) is 0 Å². The number of nitrogens with two attached hydrogens (primary N) is 1.